The molecule has 0 radical (unpaired) electrons. The summed E-state index contributed by atoms with van der Waals surface area (Å²) in [6.45, 7) is 10.8. The molecule has 2 unspecified atom stereocenters. The van der Waals surface area contributed by atoms with Crippen molar-refractivity contribution in [3.05, 3.63) is 33.8 Å². The maximum absolute atomic E-state index is 10.4. The van der Waals surface area contributed by atoms with Crippen molar-refractivity contribution in [2.75, 3.05) is 6.61 Å². The molecule has 0 aliphatic heterocycles. The van der Waals surface area contributed by atoms with Crippen LogP contribution in [0.2, 0.25) is 28.2 Å². The molecule has 0 spiro atoms. The molecule has 0 heterocycles. The van der Waals surface area contributed by atoms with Crippen LogP contribution < -0.4 is 0 Å². The highest BCUT2D eigenvalue weighted by molar-refractivity contribution is 6.74. The van der Waals surface area contributed by atoms with Gasteiger partial charge >= 0.3 is 0 Å². The number of halogens is 2. The second kappa shape index (κ2) is 7.33. The number of hydrogen-bond acceptors (Lipinski definition) is 3. The first-order chi connectivity index (χ1) is 9.99. The topological polar surface area (TPSA) is 53.2 Å². The number of aliphatic hydroxyl groups excluding tert-OH is 1. The maximum Gasteiger partial charge on any atom is 0.192 e. The Bertz CT molecular complexity index is 564. The highest BCUT2D eigenvalue weighted by Gasteiger charge is 2.38. The first-order valence-corrected chi connectivity index (χ1v) is 10.8. The van der Waals surface area contributed by atoms with E-state index in [1.165, 1.54) is 0 Å². The lowest BCUT2D eigenvalue weighted by Gasteiger charge is -2.37. The van der Waals surface area contributed by atoms with E-state index in [1.807, 2.05) is 0 Å². The van der Waals surface area contributed by atoms with Gasteiger partial charge in [0, 0.05) is 0 Å². The number of aliphatic hydroxyl groups is 1. The molecule has 2 atom stereocenters. The molecule has 0 aromatic heterocycles. The molecule has 0 bridgehead atoms. The van der Waals surface area contributed by atoms with E-state index in [0.717, 1.165) is 0 Å². The zero-order valence-electron chi connectivity index (χ0n) is 13.7. The lowest BCUT2D eigenvalue weighted by molar-refractivity contribution is 0.0903. The van der Waals surface area contributed by atoms with Crippen molar-refractivity contribution < 1.29 is 9.53 Å². The molecule has 1 aromatic carbocycles. The van der Waals surface area contributed by atoms with Gasteiger partial charge in [-0.15, -0.1) is 0 Å². The molecule has 0 aliphatic carbocycles. The fourth-order valence-electron chi connectivity index (χ4n) is 1.69. The molecule has 0 saturated carbocycles. The molecular formula is C16H23Cl2NO2Si. The average molecular weight is 360 g/mol. The molecule has 0 amide bonds. The molecule has 122 valence electrons. The average Bonchev–Trinajstić information content (AvgIpc) is 2.40. The zero-order valence-corrected chi connectivity index (χ0v) is 16.2. The van der Waals surface area contributed by atoms with Crippen LogP contribution in [0.3, 0.4) is 0 Å². The number of nitriles is 1. The van der Waals surface area contributed by atoms with Gasteiger partial charge < -0.3 is 9.53 Å². The van der Waals surface area contributed by atoms with Gasteiger partial charge in [-0.2, -0.15) is 5.26 Å². The third kappa shape index (κ3) is 4.71. The van der Waals surface area contributed by atoms with Gasteiger partial charge in [0.05, 0.1) is 34.7 Å². The molecule has 22 heavy (non-hydrogen) atoms. The van der Waals surface area contributed by atoms with E-state index < -0.39 is 20.3 Å². The second-order valence-electron chi connectivity index (χ2n) is 6.92. The van der Waals surface area contributed by atoms with Crippen LogP contribution in [-0.4, -0.2) is 26.1 Å². The Balaban J connectivity index is 2.84. The Hall–Kier alpha value is -0.573. The Kier molecular flexibility index (Phi) is 6.49. The highest BCUT2D eigenvalue weighted by Crippen LogP contribution is 2.37. The Morgan fingerprint density at radius 2 is 1.86 bits per heavy atom. The molecule has 6 heteroatoms. The molecule has 1 N–H and O–H groups in total. The number of rotatable bonds is 5. The molecular weight excluding hydrogens is 337 g/mol. The predicted octanol–water partition coefficient (Wildman–Crippen LogP) is 4.98. The smallest absolute Gasteiger partial charge is 0.192 e. The van der Waals surface area contributed by atoms with Gasteiger partial charge in [0.25, 0.3) is 0 Å². The van der Waals surface area contributed by atoms with Crippen LogP contribution in [0.5, 0.6) is 0 Å². The van der Waals surface area contributed by atoms with Gasteiger partial charge in [-0.3, -0.25) is 0 Å². The largest absolute Gasteiger partial charge is 0.414 e. The van der Waals surface area contributed by atoms with Gasteiger partial charge in [0.2, 0.25) is 0 Å². The molecule has 3 nitrogen and oxygen atoms in total. The van der Waals surface area contributed by atoms with Gasteiger partial charge in [-0.05, 0) is 35.8 Å². The number of hydrogen-bond donors (Lipinski definition) is 1. The first-order valence-electron chi connectivity index (χ1n) is 7.16. The SMILES string of the molecule is CC(C)(C)[Si](C)(C)OCC(O)C(C#N)c1ccc(Cl)c(Cl)c1. The molecule has 0 fully saturated rings. The van der Waals surface area contributed by atoms with Crippen LogP contribution in [0, 0.1) is 11.3 Å². The Morgan fingerprint density at radius 3 is 2.32 bits per heavy atom. The number of nitrogens with zero attached hydrogens (tertiary/aromatic N) is 1. The van der Waals surface area contributed by atoms with Crippen molar-refractivity contribution in [3.63, 3.8) is 0 Å². The van der Waals surface area contributed by atoms with Crippen LogP contribution in [0.4, 0.5) is 0 Å². The van der Waals surface area contributed by atoms with E-state index in [-0.39, 0.29) is 11.6 Å². The van der Waals surface area contributed by atoms with E-state index in [4.69, 9.17) is 27.6 Å². The van der Waals surface area contributed by atoms with E-state index in [0.29, 0.717) is 15.6 Å². The quantitative estimate of drug-likeness (QED) is 0.753. The van der Waals surface area contributed by atoms with Gasteiger partial charge in [-0.25, -0.2) is 0 Å². The first kappa shape index (κ1) is 19.5. The predicted molar refractivity (Wildman–Crippen MR) is 94.0 cm³/mol. The zero-order chi connectivity index (χ0) is 17.1. The van der Waals surface area contributed by atoms with E-state index >= 15 is 0 Å². The normalized spacial score (nSPS) is 15.2. The van der Waals surface area contributed by atoms with Crippen LogP contribution >= 0.6 is 23.2 Å². The minimum absolute atomic E-state index is 0.0540. The highest BCUT2D eigenvalue weighted by atomic mass is 35.5. The van der Waals surface area contributed by atoms with E-state index in [9.17, 15) is 10.4 Å². The fraction of sp³-hybridized carbons (Fsp3) is 0.562. The fourth-order valence-corrected chi connectivity index (χ4v) is 3.02. The Labute approximate surface area is 143 Å². The third-order valence-electron chi connectivity index (χ3n) is 4.25. The van der Waals surface area contributed by atoms with Crippen molar-refractivity contribution >= 4 is 31.5 Å². The summed E-state index contributed by atoms with van der Waals surface area (Å²) < 4.78 is 5.99. The van der Waals surface area contributed by atoms with Gasteiger partial charge in [0.1, 0.15) is 0 Å². The molecule has 0 aliphatic rings. The van der Waals surface area contributed by atoms with Crippen molar-refractivity contribution in [1.82, 2.24) is 0 Å². The molecule has 0 saturated heterocycles. The molecule has 1 aromatic rings. The number of benzene rings is 1. The van der Waals surface area contributed by atoms with Gasteiger partial charge in [-0.1, -0.05) is 50.0 Å². The van der Waals surface area contributed by atoms with Crippen LogP contribution in [0.15, 0.2) is 18.2 Å². The second-order valence-corrected chi connectivity index (χ2v) is 12.5. The van der Waals surface area contributed by atoms with Crippen molar-refractivity contribution in [2.45, 2.75) is 50.9 Å². The minimum atomic E-state index is -1.96. The summed E-state index contributed by atoms with van der Waals surface area (Å²) in [5, 5.41) is 20.6. The monoisotopic (exact) mass is 359 g/mol. The molecule has 1 rings (SSSR count). The van der Waals surface area contributed by atoms with Gasteiger partial charge in [0.15, 0.2) is 8.32 Å². The standard InChI is InChI=1S/C16H23Cl2NO2Si/c1-16(2,3)22(4,5)21-10-15(20)12(9-19)11-6-7-13(17)14(18)8-11/h6-8,12,15,20H,10H2,1-5H3. The summed E-state index contributed by atoms with van der Waals surface area (Å²) in [5.41, 5.74) is 0.642. The van der Waals surface area contributed by atoms with Crippen molar-refractivity contribution in [2.24, 2.45) is 0 Å². The van der Waals surface area contributed by atoms with Crippen molar-refractivity contribution in [1.29, 1.82) is 5.26 Å². The van der Waals surface area contributed by atoms with E-state index in [2.05, 4.69) is 39.9 Å². The van der Waals surface area contributed by atoms with E-state index in [1.54, 1.807) is 18.2 Å². The summed E-state index contributed by atoms with van der Waals surface area (Å²) in [6.07, 6.45) is -0.906. The van der Waals surface area contributed by atoms with Crippen LogP contribution in [-0.2, 0) is 4.43 Å². The maximum atomic E-state index is 10.4. The summed E-state index contributed by atoms with van der Waals surface area (Å²) in [5.74, 6) is -0.695. The van der Waals surface area contributed by atoms with Crippen molar-refractivity contribution in [3.8, 4) is 6.07 Å². The Morgan fingerprint density at radius 1 is 1.27 bits per heavy atom. The third-order valence-corrected chi connectivity index (χ3v) is 9.49. The van der Waals surface area contributed by atoms with Crippen LogP contribution in [0.25, 0.3) is 0 Å². The summed E-state index contributed by atoms with van der Waals surface area (Å²) >= 11 is 11.9. The summed E-state index contributed by atoms with van der Waals surface area (Å²) in [4.78, 5) is 0. The summed E-state index contributed by atoms with van der Waals surface area (Å²) in [7, 11) is -1.96. The lowest BCUT2D eigenvalue weighted by atomic mass is 9.95. The lowest BCUT2D eigenvalue weighted by Crippen LogP contribution is -2.43. The minimum Gasteiger partial charge on any atom is -0.414 e. The van der Waals surface area contributed by atoms with Crippen LogP contribution in [0.1, 0.15) is 32.3 Å². The summed E-state index contributed by atoms with van der Waals surface area (Å²) in [6, 6.07) is 7.08.